The molecule has 2 fully saturated rings. The molecule has 0 aromatic rings. The molecule has 0 aromatic heterocycles. The first-order valence-electron chi connectivity index (χ1n) is 18.0. The maximum absolute atomic E-state index is 12.9. The molecule has 1 saturated carbocycles. The molecule has 18 nitrogen and oxygen atoms in total. The maximum atomic E-state index is 12.9. The molecule has 51 heavy (non-hydrogen) atoms. The van der Waals surface area contributed by atoms with Gasteiger partial charge in [0.2, 0.25) is 6.29 Å². The van der Waals surface area contributed by atoms with Gasteiger partial charge >= 0.3 is 5.97 Å². The third-order valence-corrected chi connectivity index (χ3v) is 10.2. The standard InChI is InChI=1S/C32H60NO17P/c1-2-3-4-5-6-7-8-9-10-11-12-13-14-15-22(37)48-29-27(41)26(40)28(42)30(49-32-23(33)25(39)24(38)21(17-35)47-32)31(29)50-51(43,44)46-18-20(16-34)45-19-36/h19-21,23-32,34-35,38-42H,2-18,33H2,1H3,(H,43,44)/t20-,21-,23-,24-,25-,26-,27-,28+,29-,30-,31-,32-/m1/s1. The summed E-state index contributed by atoms with van der Waals surface area (Å²) < 4.78 is 43.9. The molecular weight excluding hydrogens is 701 g/mol. The molecule has 1 saturated heterocycles. The Kier molecular flexibility index (Phi) is 21.7. The molecule has 300 valence electrons. The van der Waals surface area contributed by atoms with Crippen LogP contribution >= 0.6 is 7.82 Å². The highest BCUT2D eigenvalue weighted by Crippen LogP contribution is 2.45. The van der Waals surface area contributed by atoms with Gasteiger partial charge in [0.05, 0.1) is 19.8 Å². The highest BCUT2D eigenvalue weighted by atomic mass is 31.2. The number of quaternary nitrogens is 1. The van der Waals surface area contributed by atoms with Crippen molar-refractivity contribution in [2.45, 2.75) is 170 Å². The molecule has 0 aromatic carbocycles. The summed E-state index contributed by atoms with van der Waals surface area (Å²) >= 11 is 0. The van der Waals surface area contributed by atoms with Gasteiger partial charge in [-0.25, -0.2) is 0 Å². The highest BCUT2D eigenvalue weighted by molar-refractivity contribution is 7.45. The summed E-state index contributed by atoms with van der Waals surface area (Å²) in [6.07, 6.45) is -6.13. The van der Waals surface area contributed by atoms with E-state index in [9.17, 15) is 54.8 Å². The molecule has 0 radical (unpaired) electrons. The molecule has 0 spiro atoms. The minimum atomic E-state index is -5.52. The van der Waals surface area contributed by atoms with Gasteiger partial charge in [-0.2, -0.15) is 0 Å². The number of aliphatic hydroxyl groups excluding tert-OH is 7. The second-order valence-corrected chi connectivity index (χ2v) is 14.6. The van der Waals surface area contributed by atoms with E-state index >= 15 is 0 Å². The Bertz CT molecular complexity index is 1030. The van der Waals surface area contributed by atoms with Crippen LogP contribution in [0.3, 0.4) is 0 Å². The van der Waals surface area contributed by atoms with Crippen LogP contribution in [-0.2, 0) is 42.1 Å². The third kappa shape index (κ3) is 15.1. The summed E-state index contributed by atoms with van der Waals surface area (Å²) in [5, 5.41) is 72.0. The van der Waals surface area contributed by atoms with E-state index in [0.29, 0.717) is 12.8 Å². The molecule has 1 aliphatic carbocycles. The van der Waals surface area contributed by atoms with E-state index in [1.165, 1.54) is 44.9 Å². The Hall–Kier alpha value is -1.35. The minimum Gasteiger partial charge on any atom is -0.756 e. The number of phosphoric ester groups is 1. The molecule has 1 heterocycles. The molecule has 0 bridgehead atoms. The average molecular weight is 762 g/mol. The van der Waals surface area contributed by atoms with E-state index in [2.05, 4.69) is 17.4 Å². The molecule has 2 aliphatic rings. The lowest BCUT2D eigenvalue weighted by Crippen LogP contribution is -2.79. The SMILES string of the molecule is CCCCCCCCCCCCCCCC(=O)O[C@@H]1[C@H](O)[C@@H](O)[C@H](O)[C@@H](O[C@H]2O[C@H](CO)[C@@H](O)[C@H](O)[C@H]2[NH3+])[C@@H]1OP(=O)([O-])OC[C@@H](CO)OC=O. The van der Waals surface area contributed by atoms with E-state index in [4.69, 9.17) is 23.3 Å². The molecule has 13 atom stereocenters. The minimum absolute atomic E-state index is 0.0446. The van der Waals surface area contributed by atoms with E-state index < -0.39 is 107 Å². The smallest absolute Gasteiger partial charge is 0.306 e. The molecule has 2 rings (SSSR count). The molecule has 19 heteroatoms. The van der Waals surface area contributed by atoms with Crippen molar-refractivity contribution in [3.63, 3.8) is 0 Å². The van der Waals surface area contributed by atoms with Crippen LogP contribution in [0.15, 0.2) is 0 Å². The van der Waals surface area contributed by atoms with Gasteiger partial charge in [0.1, 0.15) is 54.9 Å². The lowest BCUT2D eigenvalue weighted by atomic mass is 9.84. The number of ether oxygens (including phenoxy) is 4. The van der Waals surface area contributed by atoms with Crippen LogP contribution < -0.4 is 10.6 Å². The third-order valence-electron chi connectivity index (χ3n) is 9.19. The van der Waals surface area contributed by atoms with Crippen molar-refractivity contribution in [1.82, 2.24) is 0 Å². The number of phosphoric acid groups is 1. The number of unbranched alkanes of at least 4 members (excludes halogenated alkanes) is 12. The van der Waals surface area contributed by atoms with E-state index in [1.54, 1.807) is 0 Å². The lowest BCUT2D eigenvalue weighted by molar-refractivity contribution is -0.506. The number of rotatable bonds is 26. The van der Waals surface area contributed by atoms with Crippen molar-refractivity contribution in [2.75, 3.05) is 19.8 Å². The van der Waals surface area contributed by atoms with E-state index in [-0.39, 0.29) is 12.9 Å². The number of esters is 1. The Balaban J connectivity index is 2.09. The maximum Gasteiger partial charge on any atom is 0.306 e. The number of carbonyl (C=O) groups is 2. The zero-order valence-electron chi connectivity index (χ0n) is 29.4. The summed E-state index contributed by atoms with van der Waals surface area (Å²) in [6.45, 7) is -0.350. The summed E-state index contributed by atoms with van der Waals surface area (Å²) in [7, 11) is -5.52. The molecule has 1 aliphatic heterocycles. The zero-order chi connectivity index (χ0) is 38.0. The molecule has 0 amide bonds. The van der Waals surface area contributed by atoms with Gasteiger partial charge in [0.25, 0.3) is 14.3 Å². The second-order valence-electron chi connectivity index (χ2n) is 13.2. The van der Waals surface area contributed by atoms with Gasteiger partial charge in [-0.3, -0.25) is 14.2 Å². The summed E-state index contributed by atoms with van der Waals surface area (Å²) in [5.74, 6) is -0.873. The van der Waals surface area contributed by atoms with Crippen molar-refractivity contribution in [3.8, 4) is 0 Å². The number of hydrogen-bond acceptors (Lipinski definition) is 17. The van der Waals surface area contributed by atoms with Crippen LogP contribution in [0.5, 0.6) is 0 Å². The van der Waals surface area contributed by atoms with Crippen LogP contribution in [0.1, 0.15) is 96.8 Å². The van der Waals surface area contributed by atoms with Gasteiger partial charge in [0.15, 0.2) is 12.1 Å². The van der Waals surface area contributed by atoms with Crippen molar-refractivity contribution in [3.05, 3.63) is 0 Å². The number of aliphatic hydroxyl groups is 7. The van der Waals surface area contributed by atoms with Gasteiger partial charge in [-0.15, -0.1) is 0 Å². The highest BCUT2D eigenvalue weighted by Gasteiger charge is 2.56. The predicted octanol–water partition coefficient (Wildman–Crippen LogP) is -1.69. The van der Waals surface area contributed by atoms with Crippen molar-refractivity contribution in [2.24, 2.45) is 0 Å². The quantitative estimate of drug-likeness (QED) is 0.0211. The first-order chi connectivity index (χ1) is 24.3. The van der Waals surface area contributed by atoms with Crippen LogP contribution in [-0.4, -0.2) is 141 Å². The van der Waals surface area contributed by atoms with Gasteiger partial charge in [0, 0.05) is 6.42 Å². The summed E-state index contributed by atoms with van der Waals surface area (Å²) in [5.41, 5.74) is 3.66. The predicted molar refractivity (Wildman–Crippen MR) is 174 cm³/mol. The fraction of sp³-hybridized carbons (Fsp3) is 0.938. The fourth-order valence-corrected chi connectivity index (χ4v) is 7.02. The average Bonchev–Trinajstić information content (AvgIpc) is 3.10. The summed E-state index contributed by atoms with van der Waals surface area (Å²) in [4.78, 5) is 36.5. The Morgan fingerprint density at radius 3 is 1.90 bits per heavy atom. The van der Waals surface area contributed by atoms with Gasteiger partial charge < -0.3 is 74.4 Å². The normalized spacial score (nSPS) is 32.9. The Morgan fingerprint density at radius 2 is 1.37 bits per heavy atom. The fourth-order valence-electron chi connectivity index (χ4n) is 6.07. The molecular formula is C32H60NO17P. The van der Waals surface area contributed by atoms with Crippen molar-refractivity contribution < 1.29 is 88.5 Å². The van der Waals surface area contributed by atoms with Crippen LogP contribution in [0.25, 0.3) is 0 Å². The zero-order valence-corrected chi connectivity index (χ0v) is 30.3. The van der Waals surface area contributed by atoms with Gasteiger partial charge in [-0.1, -0.05) is 84.0 Å². The van der Waals surface area contributed by atoms with Gasteiger partial charge in [-0.05, 0) is 6.42 Å². The topological polar surface area (TPSA) is 299 Å². The Morgan fingerprint density at radius 1 is 0.824 bits per heavy atom. The Labute approximate surface area is 298 Å². The van der Waals surface area contributed by atoms with Crippen LogP contribution in [0, 0.1) is 0 Å². The van der Waals surface area contributed by atoms with Crippen molar-refractivity contribution in [1.29, 1.82) is 0 Å². The van der Waals surface area contributed by atoms with Crippen molar-refractivity contribution >= 4 is 20.3 Å². The first-order valence-corrected chi connectivity index (χ1v) is 19.5. The largest absolute Gasteiger partial charge is 0.756 e. The van der Waals surface area contributed by atoms with E-state index in [0.717, 1.165) is 25.7 Å². The second kappa shape index (κ2) is 24.1. The lowest BCUT2D eigenvalue weighted by Gasteiger charge is -2.48. The number of hydrogen-bond donors (Lipinski definition) is 8. The molecule has 1 unspecified atom stereocenters. The van der Waals surface area contributed by atoms with Crippen LogP contribution in [0.4, 0.5) is 0 Å². The summed E-state index contributed by atoms with van der Waals surface area (Å²) in [6, 6.07) is -1.29. The van der Waals surface area contributed by atoms with E-state index in [1.807, 2.05) is 0 Å². The monoisotopic (exact) mass is 761 g/mol. The molecule has 10 N–H and O–H groups in total. The van der Waals surface area contributed by atoms with Crippen LogP contribution in [0.2, 0.25) is 0 Å². The number of carbonyl (C=O) groups excluding carboxylic acids is 2. The first kappa shape index (κ1) is 45.8.